The molecule has 23 heavy (non-hydrogen) atoms. The molecule has 6 heteroatoms. The summed E-state index contributed by atoms with van der Waals surface area (Å²) in [6.07, 6.45) is 3.41. The van der Waals surface area contributed by atoms with E-state index in [0.717, 1.165) is 5.69 Å². The second-order valence-electron chi connectivity index (χ2n) is 5.91. The lowest BCUT2D eigenvalue weighted by Crippen LogP contribution is -2.48. The van der Waals surface area contributed by atoms with Crippen LogP contribution in [-0.4, -0.2) is 33.3 Å². The van der Waals surface area contributed by atoms with Crippen LogP contribution in [0.1, 0.15) is 34.9 Å². The van der Waals surface area contributed by atoms with E-state index in [4.69, 9.17) is 9.52 Å². The Bertz CT molecular complexity index is 650. The van der Waals surface area contributed by atoms with Crippen LogP contribution in [-0.2, 0) is 13.0 Å². The molecule has 2 aromatic heterocycles. The van der Waals surface area contributed by atoms with Crippen LogP contribution in [0.4, 0.5) is 0 Å². The van der Waals surface area contributed by atoms with Gasteiger partial charge in [0.2, 0.25) is 0 Å². The van der Waals surface area contributed by atoms with Crippen molar-refractivity contribution >= 4 is 5.91 Å². The van der Waals surface area contributed by atoms with E-state index in [0.29, 0.717) is 25.0 Å². The number of carbonyl (C=O) groups is 1. The number of aromatic nitrogens is 1. The monoisotopic (exact) mass is 316 g/mol. The zero-order valence-electron chi connectivity index (χ0n) is 12.7. The molecular formula is C17H20N2O4. The first-order valence-electron chi connectivity index (χ1n) is 7.74. The molecule has 0 spiro atoms. The average Bonchev–Trinajstić information content (AvgIpc) is 3.01. The molecule has 0 bridgehead atoms. The molecule has 122 valence electrons. The van der Waals surface area contributed by atoms with E-state index >= 15 is 0 Å². The Kier molecular flexibility index (Phi) is 4.73. The fourth-order valence-corrected chi connectivity index (χ4v) is 2.86. The maximum absolute atomic E-state index is 12.3. The maximum Gasteiger partial charge on any atom is 0.287 e. The molecular weight excluding hydrogens is 296 g/mol. The van der Waals surface area contributed by atoms with Gasteiger partial charge in [-0.3, -0.25) is 9.78 Å². The summed E-state index contributed by atoms with van der Waals surface area (Å²) in [6.45, 7) is -0.237. The van der Waals surface area contributed by atoms with Crippen LogP contribution in [0.2, 0.25) is 0 Å². The number of aliphatic hydroxyl groups is 2. The molecule has 1 saturated carbocycles. The van der Waals surface area contributed by atoms with E-state index in [1.165, 1.54) is 0 Å². The number of pyridine rings is 1. The molecule has 1 aliphatic carbocycles. The first-order valence-corrected chi connectivity index (χ1v) is 7.74. The number of hydrogen-bond acceptors (Lipinski definition) is 5. The quantitative estimate of drug-likeness (QED) is 0.746. The van der Waals surface area contributed by atoms with Gasteiger partial charge in [0, 0.05) is 24.4 Å². The summed E-state index contributed by atoms with van der Waals surface area (Å²) >= 11 is 0. The fourth-order valence-electron chi connectivity index (χ4n) is 2.86. The Morgan fingerprint density at radius 3 is 2.78 bits per heavy atom. The van der Waals surface area contributed by atoms with Gasteiger partial charge in [0.05, 0.1) is 6.10 Å². The van der Waals surface area contributed by atoms with Crippen molar-refractivity contribution in [3.8, 4) is 0 Å². The van der Waals surface area contributed by atoms with Crippen LogP contribution in [0.15, 0.2) is 40.9 Å². The number of carbonyl (C=O) groups excluding carboxylic acids is 1. The van der Waals surface area contributed by atoms with Crippen molar-refractivity contribution in [1.29, 1.82) is 0 Å². The van der Waals surface area contributed by atoms with E-state index in [-0.39, 0.29) is 36.3 Å². The number of rotatable bonds is 6. The molecule has 2 heterocycles. The molecule has 2 aromatic rings. The van der Waals surface area contributed by atoms with Gasteiger partial charge in [0.1, 0.15) is 12.4 Å². The molecule has 0 unspecified atom stereocenters. The van der Waals surface area contributed by atoms with Crippen molar-refractivity contribution in [3.05, 3.63) is 53.7 Å². The highest BCUT2D eigenvalue weighted by atomic mass is 16.4. The molecule has 0 aliphatic heterocycles. The van der Waals surface area contributed by atoms with E-state index in [1.54, 1.807) is 18.3 Å². The number of amides is 1. The number of aliphatic hydroxyl groups excluding tert-OH is 2. The summed E-state index contributed by atoms with van der Waals surface area (Å²) in [7, 11) is 0. The van der Waals surface area contributed by atoms with Crippen LogP contribution >= 0.6 is 0 Å². The molecule has 3 rings (SSSR count). The predicted molar refractivity (Wildman–Crippen MR) is 82.6 cm³/mol. The minimum Gasteiger partial charge on any atom is -0.453 e. The largest absolute Gasteiger partial charge is 0.453 e. The zero-order chi connectivity index (χ0) is 16.2. The van der Waals surface area contributed by atoms with E-state index in [1.807, 2.05) is 18.2 Å². The predicted octanol–water partition coefficient (Wildman–Crippen LogP) is 1.28. The van der Waals surface area contributed by atoms with Gasteiger partial charge in [-0.25, -0.2) is 0 Å². The van der Waals surface area contributed by atoms with E-state index < -0.39 is 0 Å². The normalized spacial score (nSPS) is 21.5. The second kappa shape index (κ2) is 6.93. The van der Waals surface area contributed by atoms with Gasteiger partial charge >= 0.3 is 0 Å². The topological polar surface area (TPSA) is 95.6 Å². The standard InChI is InChI=1S/C17H20N2O4/c20-10-14-4-5-16(23-14)17(22)19-15(11-7-13(21)8-11)9-12-3-1-2-6-18-12/h1-6,11,13,15,20-21H,7-10H2,(H,19,22)/t11?,13?,15-/m1/s1. The lowest BCUT2D eigenvalue weighted by Gasteiger charge is -2.37. The van der Waals surface area contributed by atoms with Gasteiger partial charge in [-0.15, -0.1) is 0 Å². The number of nitrogens with zero attached hydrogens (tertiary/aromatic N) is 1. The Labute approximate surface area is 134 Å². The lowest BCUT2D eigenvalue weighted by molar-refractivity contribution is 0.0234. The lowest BCUT2D eigenvalue weighted by atomic mass is 9.76. The number of nitrogens with one attached hydrogen (secondary N) is 1. The molecule has 0 radical (unpaired) electrons. The Balaban J connectivity index is 1.69. The second-order valence-corrected chi connectivity index (χ2v) is 5.91. The van der Waals surface area contributed by atoms with Crippen LogP contribution in [0.5, 0.6) is 0 Å². The van der Waals surface area contributed by atoms with Crippen LogP contribution in [0, 0.1) is 5.92 Å². The van der Waals surface area contributed by atoms with Gasteiger partial charge < -0.3 is 19.9 Å². The molecule has 0 saturated heterocycles. The van der Waals surface area contributed by atoms with Gasteiger partial charge in [0.25, 0.3) is 5.91 Å². The third-order valence-electron chi connectivity index (χ3n) is 4.23. The third kappa shape index (κ3) is 3.78. The number of furan rings is 1. The number of hydrogen-bond donors (Lipinski definition) is 3. The summed E-state index contributed by atoms with van der Waals surface area (Å²) in [5, 5.41) is 21.5. The molecule has 3 N–H and O–H groups in total. The Hall–Kier alpha value is -2.18. The van der Waals surface area contributed by atoms with Gasteiger partial charge in [-0.2, -0.15) is 0 Å². The summed E-state index contributed by atoms with van der Waals surface area (Å²) in [4.78, 5) is 16.6. The molecule has 1 amide bonds. The van der Waals surface area contributed by atoms with Crippen molar-refractivity contribution in [2.75, 3.05) is 0 Å². The molecule has 1 fully saturated rings. The highest BCUT2D eigenvalue weighted by molar-refractivity contribution is 5.91. The zero-order valence-corrected chi connectivity index (χ0v) is 12.7. The smallest absolute Gasteiger partial charge is 0.287 e. The average molecular weight is 316 g/mol. The van der Waals surface area contributed by atoms with Crippen molar-refractivity contribution in [2.45, 2.75) is 38.0 Å². The highest BCUT2D eigenvalue weighted by Crippen LogP contribution is 2.31. The first kappa shape index (κ1) is 15.7. The minimum absolute atomic E-state index is 0.108. The Morgan fingerprint density at radius 1 is 1.35 bits per heavy atom. The van der Waals surface area contributed by atoms with Gasteiger partial charge in [-0.1, -0.05) is 6.07 Å². The third-order valence-corrected chi connectivity index (χ3v) is 4.23. The highest BCUT2D eigenvalue weighted by Gasteiger charge is 2.35. The van der Waals surface area contributed by atoms with E-state index in [2.05, 4.69) is 10.3 Å². The van der Waals surface area contributed by atoms with E-state index in [9.17, 15) is 9.90 Å². The van der Waals surface area contributed by atoms with Crippen molar-refractivity contribution < 1.29 is 19.4 Å². The fraction of sp³-hybridized carbons (Fsp3) is 0.412. The molecule has 1 atom stereocenters. The molecule has 0 aromatic carbocycles. The van der Waals surface area contributed by atoms with Crippen LogP contribution in [0.3, 0.4) is 0 Å². The summed E-state index contributed by atoms with van der Waals surface area (Å²) < 4.78 is 5.27. The van der Waals surface area contributed by atoms with Crippen molar-refractivity contribution in [3.63, 3.8) is 0 Å². The Morgan fingerprint density at radius 2 is 2.17 bits per heavy atom. The summed E-state index contributed by atoms with van der Waals surface area (Å²) in [6, 6.07) is 8.71. The summed E-state index contributed by atoms with van der Waals surface area (Å²) in [5.41, 5.74) is 0.898. The van der Waals surface area contributed by atoms with Crippen LogP contribution in [0.25, 0.3) is 0 Å². The van der Waals surface area contributed by atoms with Gasteiger partial charge in [0.15, 0.2) is 5.76 Å². The maximum atomic E-state index is 12.3. The summed E-state index contributed by atoms with van der Waals surface area (Å²) in [5.74, 6) is 0.450. The van der Waals surface area contributed by atoms with Crippen molar-refractivity contribution in [2.24, 2.45) is 5.92 Å². The van der Waals surface area contributed by atoms with Crippen molar-refractivity contribution in [1.82, 2.24) is 10.3 Å². The van der Waals surface area contributed by atoms with Gasteiger partial charge in [-0.05, 0) is 43.0 Å². The molecule has 6 nitrogen and oxygen atoms in total. The first-order chi connectivity index (χ1) is 11.2. The molecule has 1 aliphatic rings. The SMILES string of the molecule is O=C(N[C@H](Cc1ccccn1)C1CC(O)C1)c1ccc(CO)o1. The minimum atomic E-state index is -0.313. The van der Waals surface area contributed by atoms with Crippen LogP contribution < -0.4 is 5.32 Å².